The van der Waals surface area contributed by atoms with Crippen LogP contribution in [0.5, 0.6) is 11.5 Å². The average Bonchev–Trinajstić information content (AvgIpc) is 2.48. The van der Waals surface area contributed by atoms with Gasteiger partial charge in [0.05, 0.1) is 7.11 Å². The molecule has 0 aliphatic carbocycles. The predicted molar refractivity (Wildman–Crippen MR) is 84.1 cm³/mol. The van der Waals surface area contributed by atoms with Crippen LogP contribution in [0.2, 0.25) is 0 Å². The first-order chi connectivity index (χ1) is 9.60. The van der Waals surface area contributed by atoms with Gasteiger partial charge in [-0.15, -0.1) is 12.4 Å². The fraction of sp³-hybridized carbons (Fsp3) is 0.533. The Hall–Kier alpha value is -1.46. The Morgan fingerprint density at radius 1 is 1.24 bits per heavy atom. The lowest BCUT2D eigenvalue weighted by Gasteiger charge is -2.32. The van der Waals surface area contributed by atoms with Crippen LogP contribution in [0, 0.1) is 0 Å². The maximum Gasteiger partial charge on any atom is 0.263 e. The number of amides is 1. The van der Waals surface area contributed by atoms with Gasteiger partial charge >= 0.3 is 0 Å². The molecule has 0 radical (unpaired) electrons. The van der Waals surface area contributed by atoms with Crippen molar-refractivity contribution in [2.24, 2.45) is 5.73 Å². The van der Waals surface area contributed by atoms with Crippen LogP contribution >= 0.6 is 12.4 Å². The lowest BCUT2D eigenvalue weighted by molar-refractivity contribution is -0.139. The van der Waals surface area contributed by atoms with E-state index in [0.717, 1.165) is 31.7 Å². The Kier molecular flexibility index (Phi) is 6.78. The fourth-order valence-corrected chi connectivity index (χ4v) is 2.29. The van der Waals surface area contributed by atoms with Crippen molar-refractivity contribution in [1.29, 1.82) is 0 Å². The first-order valence-corrected chi connectivity index (χ1v) is 6.95. The molecule has 0 saturated carbocycles. The van der Waals surface area contributed by atoms with Crippen LogP contribution in [0.15, 0.2) is 24.3 Å². The summed E-state index contributed by atoms with van der Waals surface area (Å²) in [6.07, 6.45) is 1.24. The third-order valence-corrected chi connectivity index (χ3v) is 3.57. The summed E-state index contributed by atoms with van der Waals surface area (Å²) in [5, 5.41) is 0. The van der Waals surface area contributed by atoms with Crippen molar-refractivity contribution < 1.29 is 14.3 Å². The van der Waals surface area contributed by atoms with Crippen molar-refractivity contribution >= 4 is 18.3 Å². The minimum absolute atomic E-state index is 0. The van der Waals surface area contributed by atoms with E-state index in [0.29, 0.717) is 5.75 Å². The maximum atomic E-state index is 12.3. The molecule has 1 unspecified atom stereocenters. The summed E-state index contributed by atoms with van der Waals surface area (Å²) >= 11 is 0. The van der Waals surface area contributed by atoms with Crippen molar-refractivity contribution in [3.63, 3.8) is 0 Å². The number of piperidine rings is 1. The van der Waals surface area contributed by atoms with E-state index in [9.17, 15) is 4.79 Å². The summed E-state index contributed by atoms with van der Waals surface area (Å²) in [5.41, 5.74) is 5.84. The van der Waals surface area contributed by atoms with Gasteiger partial charge < -0.3 is 20.1 Å². The molecule has 1 aromatic rings. The number of likely N-dealkylation sites (tertiary alicyclic amines) is 1. The van der Waals surface area contributed by atoms with Gasteiger partial charge in [0.2, 0.25) is 0 Å². The van der Waals surface area contributed by atoms with Crippen LogP contribution in [0.4, 0.5) is 0 Å². The topological polar surface area (TPSA) is 64.8 Å². The molecule has 0 aromatic heterocycles. The summed E-state index contributed by atoms with van der Waals surface area (Å²) in [6, 6.07) is 7.44. The zero-order chi connectivity index (χ0) is 14.5. The van der Waals surface area contributed by atoms with Crippen LogP contribution in [0.1, 0.15) is 19.8 Å². The third-order valence-electron chi connectivity index (χ3n) is 3.57. The highest BCUT2D eigenvalue weighted by atomic mass is 35.5. The van der Waals surface area contributed by atoms with Crippen LogP contribution < -0.4 is 15.2 Å². The molecule has 1 aromatic carbocycles. The lowest BCUT2D eigenvalue weighted by Crippen LogP contribution is -2.47. The van der Waals surface area contributed by atoms with Crippen molar-refractivity contribution in [2.45, 2.75) is 31.9 Å². The smallest absolute Gasteiger partial charge is 0.263 e. The predicted octanol–water partition coefficient (Wildman–Crippen LogP) is 1.83. The molecular formula is C15H23ClN2O3. The van der Waals surface area contributed by atoms with Crippen molar-refractivity contribution in [3.8, 4) is 11.5 Å². The summed E-state index contributed by atoms with van der Waals surface area (Å²) in [6.45, 7) is 3.22. The van der Waals surface area contributed by atoms with Gasteiger partial charge in [0.1, 0.15) is 11.5 Å². The van der Waals surface area contributed by atoms with E-state index in [2.05, 4.69) is 0 Å². The van der Waals surface area contributed by atoms with E-state index < -0.39 is 6.10 Å². The Morgan fingerprint density at radius 2 is 1.76 bits per heavy atom. The maximum absolute atomic E-state index is 12.3. The van der Waals surface area contributed by atoms with E-state index in [4.69, 9.17) is 15.2 Å². The highest BCUT2D eigenvalue weighted by Crippen LogP contribution is 2.19. The zero-order valence-corrected chi connectivity index (χ0v) is 13.3. The summed E-state index contributed by atoms with van der Waals surface area (Å²) in [7, 11) is 1.61. The number of nitrogens with zero attached hydrogens (tertiary/aromatic N) is 1. The van der Waals surface area contributed by atoms with Gasteiger partial charge in [-0.05, 0) is 44.0 Å². The van der Waals surface area contributed by atoms with Crippen LogP contribution in [-0.4, -0.2) is 43.2 Å². The molecule has 118 valence electrons. The number of hydrogen-bond donors (Lipinski definition) is 1. The average molecular weight is 315 g/mol. The van der Waals surface area contributed by atoms with E-state index in [1.165, 1.54) is 0 Å². The Bertz CT molecular complexity index is 445. The largest absolute Gasteiger partial charge is 0.497 e. The van der Waals surface area contributed by atoms with Gasteiger partial charge in [0.15, 0.2) is 6.10 Å². The molecule has 5 nitrogen and oxygen atoms in total. The second kappa shape index (κ2) is 8.10. The monoisotopic (exact) mass is 314 g/mol. The number of nitrogens with two attached hydrogens (primary N) is 1. The minimum atomic E-state index is -0.488. The molecule has 1 amide bonds. The number of halogens is 1. The van der Waals surface area contributed by atoms with Crippen LogP contribution in [0.25, 0.3) is 0 Å². The van der Waals surface area contributed by atoms with Gasteiger partial charge in [-0.25, -0.2) is 0 Å². The molecular weight excluding hydrogens is 292 g/mol. The molecule has 2 rings (SSSR count). The molecule has 6 heteroatoms. The quantitative estimate of drug-likeness (QED) is 0.921. The summed E-state index contributed by atoms with van der Waals surface area (Å²) < 4.78 is 10.8. The van der Waals surface area contributed by atoms with Crippen molar-refractivity contribution in [1.82, 2.24) is 4.90 Å². The van der Waals surface area contributed by atoms with Crippen molar-refractivity contribution in [2.75, 3.05) is 20.2 Å². The Labute approximate surface area is 131 Å². The molecule has 1 fully saturated rings. The van der Waals surface area contributed by atoms with Crippen LogP contribution in [-0.2, 0) is 4.79 Å². The van der Waals surface area contributed by atoms with Gasteiger partial charge in [-0.3, -0.25) is 4.79 Å². The summed E-state index contributed by atoms with van der Waals surface area (Å²) in [5.74, 6) is 1.45. The SMILES string of the molecule is COc1ccc(OC(C)C(=O)N2CCC(N)CC2)cc1.Cl. The second-order valence-electron chi connectivity index (χ2n) is 5.10. The Morgan fingerprint density at radius 3 is 2.29 bits per heavy atom. The molecule has 2 N–H and O–H groups in total. The molecule has 1 heterocycles. The lowest BCUT2D eigenvalue weighted by atomic mass is 10.1. The number of carbonyl (C=O) groups excluding carboxylic acids is 1. The molecule has 0 spiro atoms. The normalized spacial score (nSPS) is 16.8. The fourth-order valence-electron chi connectivity index (χ4n) is 2.29. The Balaban J connectivity index is 0.00000220. The first-order valence-electron chi connectivity index (χ1n) is 6.95. The molecule has 1 saturated heterocycles. The number of benzene rings is 1. The van der Waals surface area contributed by atoms with Gasteiger partial charge in [-0.1, -0.05) is 0 Å². The number of hydrogen-bond acceptors (Lipinski definition) is 4. The zero-order valence-electron chi connectivity index (χ0n) is 12.5. The van der Waals surface area contributed by atoms with Gasteiger partial charge in [0, 0.05) is 19.1 Å². The van der Waals surface area contributed by atoms with Crippen molar-refractivity contribution in [3.05, 3.63) is 24.3 Å². The van der Waals surface area contributed by atoms with E-state index in [-0.39, 0.29) is 24.4 Å². The molecule has 1 atom stereocenters. The molecule has 1 aliphatic heterocycles. The molecule has 0 bridgehead atoms. The van der Waals surface area contributed by atoms with Crippen LogP contribution in [0.3, 0.4) is 0 Å². The minimum Gasteiger partial charge on any atom is -0.497 e. The highest BCUT2D eigenvalue weighted by molar-refractivity contribution is 5.85. The van der Waals surface area contributed by atoms with E-state index in [1.807, 2.05) is 17.0 Å². The number of methoxy groups -OCH3 is 1. The third kappa shape index (κ3) is 4.79. The summed E-state index contributed by atoms with van der Waals surface area (Å²) in [4.78, 5) is 14.1. The molecule has 1 aliphatic rings. The number of ether oxygens (including phenoxy) is 2. The van der Waals surface area contributed by atoms with Gasteiger partial charge in [0.25, 0.3) is 5.91 Å². The number of rotatable bonds is 4. The number of carbonyl (C=O) groups is 1. The van der Waals surface area contributed by atoms with Gasteiger partial charge in [-0.2, -0.15) is 0 Å². The highest BCUT2D eigenvalue weighted by Gasteiger charge is 2.25. The second-order valence-corrected chi connectivity index (χ2v) is 5.10. The standard InChI is InChI=1S/C15H22N2O3.ClH/c1-11(15(18)17-9-7-12(16)8-10-17)20-14-5-3-13(19-2)4-6-14;/h3-6,11-12H,7-10,16H2,1-2H3;1H. The van der Waals surface area contributed by atoms with E-state index >= 15 is 0 Å². The first kappa shape index (κ1) is 17.6. The molecule has 21 heavy (non-hydrogen) atoms. The van der Waals surface area contributed by atoms with E-state index in [1.54, 1.807) is 26.2 Å².